The number of aliphatic carboxylic acids is 1. The molecular formula is C24H44N2O5. The molecule has 0 aliphatic carbocycles. The molecule has 7 heteroatoms. The second-order valence-electron chi connectivity index (χ2n) is 8.64. The Morgan fingerprint density at radius 3 is 1.90 bits per heavy atom. The lowest BCUT2D eigenvalue weighted by atomic mass is 9.78. The van der Waals surface area contributed by atoms with Gasteiger partial charge < -0.3 is 14.9 Å². The van der Waals surface area contributed by atoms with E-state index in [0.29, 0.717) is 39.0 Å². The minimum Gasteiger partial charge on any atom is -0.493 e. The van der Waals surface area contributed by atoms with Gasteiger partial charge in [-0.1, -0.05) is 34.1 Å². The molecular weight excluding hydrogens is 396 g/mol. The number of carboxylic acid groups (broad SMARTS) is 1. The lowest BCUT2D eigenvalue weighted by Gasteiger charge is -2.33. The Morgan fingerprint density at radius 1 is 0.935 bits per heavy atom. The fourth-order valence-corrected chi connectivity index (χ4v) is 4.62. The van der Waals surface area contributed by atoms with E-state index in [-0.39, 0.29) is 17.1 Å². The smallest absolute Gasteiger partial charge is 0.331 e. The number of aromatic nitrogens is 2. The summed E-state index contributed by atoms with van der Waals surface area (Å²) in [6.45, 7) is 11.8. The predicted octanol–water partition coefficient (Wildman–Crippen LogP) is 5.14. The second-order valence-corrected chi connectivity index (χ2v) is 8.64. The van der Waals surface area contributed by atoms with Crippen LogP contribution in [0.4, 0.5) is 0 Å². The number of unbranched alkanes of at least 4 members (excludes halogenated alkanes) is 2. The average Bonchev–Trinajstić information content (AvgIpc) is 3.06. The van der Waals surface area contributed by atoms with Gasteiger partial charge in [0.1, 0.15) is 0 Å². The Morgan fingerprint density at radius 2 is 1.48 bits per heavy atom. The fourth-order valence-electron chi connectivity index (χ4n) is 4.62. The fraction of sp³-hybridized carbons (Fsp3) is 0.833. The molecule has 0 aromatic carbocycles. The molecule has 2 N–H and O–H groups in total. The van der Waals surface area contributed by atoms with Gasteiger partial charge in [0.25, 0.3) is 0 Å². The Hall–Kier alpha value is -1.76. The van der Waals surface area contributed by atoms with E-state index in [1.54, 1.807) is 9.13 Å². The van der Waals surface area contributed by atoms with Crippen molar-refractivity contribution in [2.75, 3.05) is 13.2 Å². The molecule has 31 heavy (non-hydrogen) atoms. The third kappa shape index (κ3) is 6.61. The van der Waals surface area contributed by atoms with Crippen molar-refractivity contribution in [3.8, 4) is 5.88 Å². The van der Waals surface area contributed by atoms with Gasteiger partial charge in [0, 0.05) is 19.8 Å². The first-order chi connectivity index (χ1) is 14.8. The van der Waals surface area contributed by atoms with Gasteiger partial charge in [-0.2, -0.15) is 0 Å². The monoisotopic (exact) mass is 440 g/mol. The van der Waals surface area contributed by atoms with Crippen LogP contribution in [-0.2, 0) is 21.6 Å². The molecule has 1 rings (SSSR count). The summed E-state index contributed by atoms with van der Waals surface area (Å²) in [4.78, 5) is 24.2. The Kier molecular flexibility index (Phi) is 11.4. The molecule has 1 aromatic heterocycles. The summed E-state index contributed by atoms with van der Waals surface area (Å²) < 4.78 is 8.89. The Labute approximate surface area is 187 Å². The van der Waals surface area contributed by atoms with E-state index in [1.807, 2.05) is 20.8 Å². The highest BCUT2D eigenvalue weighted by Gasteiger charge is 2.34. The third-order valence-electron chi connectivity index (χ3n) is 7.25. The lowest BCUT2D eigenvalue weighted by Crippen LogP contribution is -2.40. The van der Waals surface area contributed by atoms with Crippen LogP contribution in [0.2, 0.25) is 0 Å². The number of aryl methyl sites for hydroxylation is 1. The molecule has 1 aromatic rings. The van der Waals surface area contributed by atoms with Crippen LogP contribution in [-0.4, -0.2) is 38.5 Å². The van der Waals surface area contributed by atoms with E-state index in [4.69, 9.17) is 4.74 Å². The molecule has 180 valence electrons. The van der Waals surface area contributed by atoms with Gasteiger partial charge in [0.2, 0.25) is 5.88 Å². The maximum atomic E-state index is 12.7. The van der Waals surface area contributed by atoms with Gasteiger partial charge >= 0.3 is 11.7 Å². The molecule has 0 atom stereocenters. The molecule has 0 aliphatic rings. The SMILES string of the molecule is CCn1cc(O)n(C(CC)(CC)CCCCOCCCCC(CC)(CC)C(=O)O)c1=O. The van der Waals surface area contributed by atoms with Crippen molar-refractivity contribution in [1.29, 1.82) is 0 Å². The molecule has 0 unspecified atom stereocenters. The summed E-state index contributed by atoms with van der Waals surface area (Å²) in [6.07, 6.45) is 9.48. The molecule has 0 amide bonds. The number of nitrogens with zero attached hydrogens (tertiary/aromatic N) is 2. The molecule has 0 spiro atoms. The van der Waals surface area contributed by atoms with Crippen molar-refractivity contribution in [2.45, 2.75) is 111 Å². The van der Waals surface area contributed by atoms with Crippen LogP contribution in [0, 0.1) is 5.41 Å². The summed E-state index contributed by atoms with van der Waals surface area (Å²) in [5.74, 6) is -0.642. The van der Waals surface area contributed by atoms with Crippen LogP contribution in [0.15, 0.2) is 11.0 Å². The largest absolute Gasteiger partial charge is 0.493 e. The normalized spacial score (nSPS) is 12.4. The topological polar surface area (TPSA) is 93.7 Å². The molecule has 0 radical (unpaired) electrons. The number of ether oxygens (including phenoxy) is 1. The van der Waals surface area contributed by atoms with Crippen LogP contribution in [0.5, 0.6) is 5.88 Å². The third-order valence-corrected chi connectivity index (χ3v) is 7.25. The lowest BCUT2D eigenvalue weighted by molar-refractivity contribution is -0.150. The number of hydrogen-bond acceptors (Lipinski definition) is 4. The molecule has 0 saturated carbocycles. The van der Waals surface area contributed by atoms with E-state index in [0.717, 1.165) is 44.9 Å². The zero-order chi connectivity index (χ0) is 23.5. The van der Waals surface area contributed by atoms with Crippen LogP contribution >= 0.6 is 0 Å². The van der Waals surface area contributed by atoms with Crippen LogP contribution in [0.25, 0.3) is 0 Å². The van der Waals surface area contributed by atoms with E-state index in [9.17, 15) is 19.8 Å². The number of aromatic hydroxyl groups is 1. The van der Waals surface area contributed by atoms with Crippen molar-refractivity contribution in [1.82, 2.24) is 9.13 Å². The number of rotatable bonds is 17. The first-order valence-electron chi connectivity index (χ1n) is 12.1. The highest BCUT2D eigenvalue weighted by Crippen LogP contribution is 2.34. The number of carboxylic acids is 1. The van der Waals surface area contributed by atoms with Crippen LogP contribution < -0.4 is 5.69 Å². The standard InChI is InChI=1S/C24H44N2O5/c1-6-23(7-2,21(28)29)15-11-13-17-31-18-14-12-16-24(8-3,9-4)26-20(27)19-25(10-5)22(26)30/h19,27H,6-18H2,1-5H3,(H,28,29). The van der Waals surface area contributed by atoms with Crippen molar-refractivity contribution in [2.24, 2.45) is 5.41 Å². The van der Waals surface area contributed by atoms with E-state index in [1.165, 1.54) is 6.20 Å². The Bertz CT molecular complexity index is 714. The molecule has 0 bridgehead atoms. The zero-order valence-electron chi connectivity index (χ0n) is 20.3. The van der Waals surface area contributed by atoms with Crippen LogP contribution in [0.3, 0.4) is 0 Å². The number of imidazole rings is 1. The van der Waals surface area contributed by atoms with Gasteiger partial charge in [-0.05, 0) is 64.7 Å². The van der Waals surface area contributed by atoms with Crippen molar-refractivity contribution >= 4 is 5.97 Å². The Balaban J connectivity index is 2.43. The first kappa shape index (κ1) is 27.3. The molecule has 0 saturated heterocycles. The predicted molar refractivity (Wildman–Crippen MR) is 124 cm³/mol. The number of hydrogen-bond donors (Lipinski definition) is 2. The van der Waals surface area contributed by atoms with Gasteiger partial charge in [-0.15, -0.1) is 0 Å². The van der Waals surface area contributed by atoms with E-state index < -0.39 is 11.4 Å². The minimum absolute atomic E-state index is 0.0448. The van der Waals surface area contributed by atoms with Crippen molar-refractivity contribution in [3.63, 3.8) is 0 Å². The molecule has 0 aliphatic heterocycles. The summed E-state index contributed by atoms with van der Waals surface area (Å²) in [5, 5.41) is 19.9. The molecule has 1 heterocycles. The molecule has 7 nitrogen and oxygen atoms in total. The average molecular weight is 441 g/mol. The van der Waals surface area contributed by atoms with Gasteiger partial charge in [-0.3, -0.25) is 13.9 Å². The highest BCUT2D eigenvalue weighted by atomic mass is 16.5. The summed E-state index contributed by atoms with van der Waals surface area (Å²) in [6, 6.07) is 0. The first-order valence-corrected chi connectivity index (χ1v) is 12.1. The summed E-state index contributed by atoms with van der Waals surface area (Å²) in [7, 11) is 0. The van der Waals surface area contributed by atoms with Crippen LogP contribution in [0.1, 0.15) is 98.8 Å². The van der Waals surface area contributed by atoms with Crippen molar-refractivity contribution < 1.29 is 19.7 Å². The quantitative estimate of drug-likeness (QED) is 0.327. The van der Waals surface area contributed by atoms with Crippen molar-refractivity contribution in [3.05, 3.63) is 16.7 Å². The minimum atomic E-state index is -0.687. The van der Waals surface area contributed by atoms with E-state index in [2.05, 4.69) is 13.8 Å². The maximum absolute atomic E-state index is 12.7. The zero-order valence-corrected chi connectivity index (χ0v) is 20.3. The number of carbonyl (C=O) groups is 1. The second kappa shape index (κ2) is 12.9. The summed E-state index contributed by atoms with van der Waals surface area (Å²) in [5.41, 5.74) is -1.11. The van der Waals surface area contributed by atoms with Gasteiger partial charge in [0.15, 0.2) is 0 Å². The van der Waals surface area contributed by atoms with Gasteiger partial charge in [-0.25, -0.2) is 4.79 Å². The molecule has 0 fully saturated rings. The summed E-state index contributed by atoms with van der Waals surface area (Å²) >= 11 is 0. The highest BCUT2D eigenvalue weighted by molar-refractivity contribution is 5.74. The maximum Gasteiger partial charge on any atom is 0.331 e. The van der Waals surface area contributed by atoms with Gasteiger partial charge in [0.05, 0.1) is 17.2 Å². The van der Waals surface area contributed by atoms with E-state index >= 15 is 0 Å².